The minimum atomic E-state index is -2.92. The summed E-state index contributed by atoms with van der Waals surface area (Å²) >= 11 is 0. The number of primary amides is 1. The number of aromatic amines is 1. The second kappa shape index (κ2) is 7.72. The van der Waals surface area contributed by atoms with E-state index in [1.807, 2.05) is 0 Å². The van der Waals surface area contributed by atoms with Crippen LogP contribution in [0.2, 0.25) is 0 Å². The van der Waals surface area contributed by atoms with Crippen molar-refractivity contribution in [3.8, 4) is 5.75 Å². The molecule has 3 aromatic rings. The van der Waals surface area contributed by atoms with Crippen LogP contribution < -0.4 is 15.9 Å². The number of pyridine rings is 2. The van der Waals surface area contributed by atoms with Crippen molar-refractivity contribution in [2.45, 2.75) is 37.0 Å². The summed E-state index contributed by atoms with van der Waals surface area (Å²) in [5.41, 5.74) is 5.77. The zero-order chi connectivity index (χ0) is 22.3. The van der Waals surface area contributed by atoms with Crippen LogP contribution in [0.25, 0.3) is 10.9 Å². The van der Waals surface area contributed by atoms with Crippen molar-refractivity contribution < 1.29 is 22.7 Å². The molecule has 3 N–H and O–H groups in total. The van der Waals surface area contributed by atoms with Crippen LogP contribution in [-0.4, -0.2) is 28.9 Å². The van der Waals surface area contributed by atoms with Crippen molar-refractivity contribution in [3.63, 3.8) is 0 Å². The molecule has 31 heavy (non-hydrogen) atoms. The van der Waals surface area contributed by atoms with Crippen molar-refractivity contribution in [1.29, 1.82) is 0 Å². The molecule has 2 aromatic heterocycles. The van der Waals surface area contributed by atoms with Crippen LogP contribution in [-0.2, 0) is 0 Å². The average molecular weight is 431 g/mol. The molecule has 6 nitrogen and oxygen atoms in total. The highest BCUT2D eigenvalue weighted by molar-refractivity contribution is 6.03. The van der Waals surface area contributed by atoms with Gasteiger partial charge in [-0.05, 0) is 30.0 Å². The fourth-order valence-electron chi connectivity index (χ4n) is 4.43. The van der Waals surface area contributed by atoms with Gasteiger partial charge in [0, 0.05) is 42.8 Å². The highest BCUT2D eigenvalue weighted by Crippen LogP contribution is 2.51. The van der Waals surface area contributed by atoms with Gasteiger partial charge in [0.15, 0.2) is 5.43 Å². The number of aromatic nitrogens is 2. The molecule has 0 radical (unpaired) electrons. The molecule has 1 amide bonds. The largest absolute Gasteiger partial charge is 0.496 e. The Balaban J connectivity index is 1.87. The van der Waals surface area contributed by atoms with Crippen LogP contribution in [0, 0.1) is 5.82 Å². The lowest BCUT2D eigenvalue weighted by Gasteiger charge is -2.37. The van der Waals surface area contributed by atoms with E-state index in [9.17, 15) is 22.8 Å². The summed E-state index contributed by atoms with van der Waals surface area (Å²) in [5.74, 6) is -5.20. The molecule has 0 spiro atoms. The number of nitrogens with zero attached hydrogens (tertiary/aromatic N) is 1. The Morgan fingerprint density at radius 2 is 2.03 bits per heavy atom. The summed E-state index contributed by atoms with van der Waals surface area (Å²) in [6, 6.07) is 6.71. The maximum Gasteiger partial charge on any atom is 0.268 e. The van der Waals surface area contributed by atoms with Gasteiger partial charge < -0.3 is 15.5 Å². The first kappa shape index (κ1) is 20.9. The molecule has 9 heteroatoms. The number of rotatable bonds is 4. The van der Waals surface area contributed by atoms with E-state index in [4.69, 9.17) is 10.5 Å². The van der Waals surface area contributed by atoms with E-state index in [0.717, 1.165) is 0 Å². The summed E-state index contributed by atoms with van der Waals surface area (Å²) in [4.78, 5) is 31.3. The van der Waals surface area contributed by atoms with E-state index in [0.29, 0.717) is 11.3 Å². The van der Waals surface area contributed by atoms with Crippen LogP contribution >= 0.6 is 0 Å². The van der Waals surface area contributed by atoms with Crippen molar-refractivity contribution >= 4 is 16.8 Å². The van der Waals surface area contributed by atoms with E-state index in [1.54, 1.807) is 0 Å². The smallest absolute Gasteiger partial charge is 0.268 e. The van der Waals surface area contributed by atoms with Crippen molar-refractivity contribution in [2.75, 3.05) is 7.11 Å². The minimum Gasteiger partial charge on any atom is -0.496 e. The third-order valence-electron chi connectivity index (χ3n) is 5.82. The Morgan fingerprint density at radius 3 is 2.74 bits per heavy atom. The molecule has 1 aromatic carbocycles. The molecule has 2 atom stereocenters. The van der Waals surface area contributed by atoms with Gasteiger partial charge in [0.2, 0.25) is 5.92 Å². The SMILES string of the molecule is COc1cc(F)ccc1[C@@H]1CCC(F)(F)CC1c1cc(=O)c2c(C(N)=O)nccc2[nH]1. The number of fused-ring (bicyclic) bond motifs is 1. The second-order valence-electron chi connectivity index (χ2n) is 7.73. The molecule has 2 heterocycles. The predicted molar refractivity (Wildman–Crippen MR) is 108 cm³/mol. The molecule has 1 saturated carbocycles. The number of methoxy groups -OCH3 is 1. The molecule has 162 valence electrons. The van der Waals surface area contributed by atoms with E-state index < -0.39 is 41.3 Å². The number of H-pyrrole nitrogens is 1. The molecule has 1 aliphatic rings. The van der Waals surface area contributed by atoms with Crippen molar-refractivity contribution in [3.05, 3.63) is 69.5 Å². The Bertz CT molecular complexity index is 1230. The first-order chi connectivity index (χ1) is 14.7. The van der Waals surface area contributed by atoms with Gasteiger partial charge in [0.05, 0.1) is 18.0 Å². The van der Waals surface area contributed by atoms with Gasteiger partial charge in [0.25, 0.3) is 5.91 Å². The summed E-state index contributed by atoms with van der Waals surface area (Å²) in [6.07, 6.45) is 0.621. The number of hydrogen-bond donors (Lipinski definition) is 2. The molecular formula is C22H20F3N3O3. The highest BCUT2D eigenvalue weighted by Gasteiger charge is 2.44. The molecule has 0 saturated heterocycles. The fraction of sp³-hybridized carbons (Fsp3) is 0.318. The maximum absolute atomic E-state index is 14.4. The van der Waals surface area contributed by atoms with Gasteiger partial charge in [-0.3, -0.25) is 14.6 Å². The van der Waals surface area contributed by atoms with Crippen LogP contribution in [0.3, 0.4) is 0 Å². The second-order valence-corrected chi connectivity index (χ2v) is 7.73. The number of alkyl halides is 2. The fourth-order valence-corrected chi connectivity index (χ4v) is 4.43. The predicted octanol–water partition coefficient (Wildman–Crippen LogP) is 3.86. The average Bonchev–Trinajstić information content (AvgIpc) is 2.72. The quantitative estimate of drug-likeness (QED) is 0.656. The number of benzene rings is 1. The van der Waals surface area contributed by atoms with Crippen LogP contribution in [0.15, 0.2) is 41.3 Å². The molecule has 4 rings (SSSR count). The number of hydrogen-bond acceptors (Lipinski definition) is 4. The summed E-state index contributed by atoms with van der Waals surface area (Å²) < 4.78 is 47.8. The van der Waals surface area contributed by atoms with E-state index in [1.165, 1.54) is 43.6 Å². The Morgan fingerprint density at radius 1 is 1.26 bits per heavy atom. The van der Waals surface area contributed by atoms with Crippen molar-refractivity contribution in [2.24, 2.45) is 5.73 Å². The monoisotopic (exact) mass is 431 g/mol. The first-order valence-electron chi connectivity index (χ1n) is 9.73. The molecule has 1 unspecified atom stereocenters. The van der Waals surface area contributed by atoms with Gasteiger partial charge in [0.1, 0.15) is 17.3 Å². The van der Waals surface area contributed by atoms with Gasteiger partial charge in [-0.2, -0.15) is 0 Å². The summed E-state index contributed by atoms with van der Waals surface area (Å²) in [5, 5.41) is 0.0113. The topological polar surface area (TPSA) is 98.1 Å². The number of nitrogens with two attached hydrogens (primary N) is 1. The molecule has 1 aliphatic carbocycles. The van der Waals surface area contributed by atoms with Gasteiger partial charge in [-0.15, -0.1) is 0 Å². The summed E-state index contributed by atoms with van der Waals surface area (Å²) in [7, 11) is 1.39. The lowest BCUT2D eigenvalue weighted by atomic mass is 9.72. The summed E-state index contributed by atoms with van der Waals surface area (Å²) in [6.45, 7) is 0. The minimum absolute atomic E-state index is 0.0113. The van der Waals surface area contributed by atoms with Gasteiger partial charge in [-0.25, -0.2) is 13.2 Å². The lowest BCUT2D eigenvalue weighted by molar-refractivity contribution is -0.0466. The zero-order valence-corrected chi connectivity index (χ0v) is 16.6. The number of ether oxygens (including phenoxy) is 1. The standard InChI is InChI=1S/C22H20F3N3O3/c1-31-18-8-11(23)2-3-13(18)12-4-6-22(24,25)10-14(12)16-9-17(29)19-15(28-16)5-7-27-20(19)21(26)30/h2-3,5,7-9,12,14H,4,6,10H2,1H3,(H2,26,30)(H,28,29)/t12-,14?/m0/s1. The Labute approximate surface area is 175 Å². The number of carbonyl (C=O) groups excluding carboxylic acids is 1. The normalized spacial score (nSPS) is 20.5. The number of carbonyl (C=O) groups is 1. The molecule has 1 fully saturated rings. The number of nitrogens with one attached hydrogen (secondary N) is 1. The maximum atomic E-state index is 14.4. The highest BCUT2D eigenvalue weighted by atomic mass is 19.3. The van der Waals surface area contributed by atoms with Crippen LogP contribution in [0.1, 0.15) is 52.8 Å². The Hall–Kier alpha value is -3.36. The first-order valence-corrected chi connectivity index (χ1v) is 9.73. The molecule has 0 aliphatic heterocycles. The zero-order valence-electron chi connectivity index (χ0n) is 16.6. The van der Waals surface area contributed by atoms with Gasteiger partial charge in [-0.1, -0.05) is 6.07 Å². The third kappa shape index (κ3) is 3.87. The van der Waals surface area contributed by atoms with Crippen LogP contribution in [0.4, 0.5) is 13.2 Å². The van der Waals surface area contributed by atoms with Crippen LogP contribution in [0.5, 0.6) is 5.75 Å². The van der Waals surface area contributed by atoms with E-state index >= 15 is 0 Å². The molecule has 0 bridgehead atoms. The Kier molecular flexibility index (Phi) is 5.20. The number of amides is 1. The lowest BCUT2D eigenvalue weighted by Crippen LogP contribution is -2.31. The number of halogens is 3. The van der Waals surface area contributed by atoms with Gasteiger partial charge >= 0.3 is 0 Å². The van der Waals surface area contributed by atoms with E-state index in [2.05, 4.69) is 9.97 Å². The third-order valence-corrected chi connectivity index (χ3v) is 5.82. The van der Waals surface area contributed by atoms with E-state index in [-0.39, 0.29) is 35.2 Å². The van der Waals surface area contributed by atoms with Crippen molar-refractivity contribution in [1.82, 2.24) is 9.97 Å². The molecular weight excluding hydrogens is 411 g/mol.